The maximum absolute atomic E-state index is 5.01. The molecule has 0 saturated heterocycles. The van der Waals surface area contributed by atoms with Crippen LogP contribution in [0.5, 0.6) is 0 Å². The van der Waals surface area contributed by atoms with E-state index < -0.39 is 0 Å². The Morgan fingerprint density at radius 1 is 0.844 bits per heavy atom. The summed E-state index contributed by atoms with van der Waals surface area (Å²) in [6.45, 7) is 10.6. The second-order valence-corrected chi connectivity index (χ2v) is 9.79. The van der Waals surface area contributed by atoms with Crippen LogP contribution in [0.2, 0.25) is 0 Å². The molecule has 0 saturated carbocycles. The van der Waals surface area contributed by atoms with Crippen LogP contribution in [0, 0.1) is 0 Å². The van der Waals surface area contributed by atoms with E-state index >= 15 is 0 Å². The van der Waals surface area contributed by atoms with Gasteiger partial charge in [-0.05, 0) is 61.5 Å². The van der Waals surface area contributed by atoms with Crippen molar-refractivity contribution in [1.29, 1.82) is 0 Å². The number of aliphatic imine (C=N–C) groups is 2. The largest absolute Gasteiger partial charge is 0.376 e. The van der Waals surface area contributed by atoms with Gasteiger partial charge in [0.25, 0.3) is 0 Å². The lowest BCUT2D eigenvalue weighted by Crippen LogP contribution is -2.22. The summed E-state index contributed by atoms with van der Waals surface area (Å²) in [5.74, 6) is 0.956. The quantitative estimate of drug-likeness (QED) is 0.451. The molecule has 0 radical (unpaired) electrons. The molecule has 0 aromatic heterocycles. The summed E-state index contributed by atoms with van der Waals surface area (Å²) >= 11 is 0. The maximum Gasteiger partial charge on any atom is 0.0589 e. The molecule has 0 fully saturated rings. The first-order valence-corrected chi connectivity index (χ1v) is 12.4. The van der Waals surface area contributed by atoms with E-state index in [0.29, 0.717) is 11.8 Å². The van der Waals surface area contributed by atoms with E-state index in [1.54, 1.807) is 0 Å². The Labute approximate surface area is 195 Å². The highest BCUT2D eigenvalue weighted by molar-refractivity contribution is 6.03. The summed E-state index contributed by atoms with van der Waals surface area (Å²) in [6.07, 6.45) is 11.4. The van der Waals surface area contributed by atoms with Gasteiger partial charge < -0.3 is 10.2 Å². The smallest absolute Gasteiger partial charge is 0.0589 e. The minimum atomic E-state index is 0.478. The predicted molar refractivity (Wildman–Crippen MR) is 140 cm³/mol. The van der Waals surface area contributed by atoms with Gasteiger partial charge in [-0.3, -0.25) is 9.98 Å². The third kappa shape index (κ3) is 6.11. The van der Waals surface area contributed by atoms with E-state index in [9.17, 15) is 0 Å². The average Bonchev–Trinajstić information content (AvgIpc) is 2.77. The van der Waals surface area contributed by atoms with E-state index in [-0.39, 0.29) is 0 Å². The SMILES string of the molecule is CC(C)c1cccc(C(C)C)c1NC1=CCCCC1=NCCN=C1CCCC=C1N(C)C. The van der Waals surface area contributed by atoms with Gasteiger partial charge in [-0.15, -0.1) is 0 Å². The lowest BCUT2D eigenvalue weighted by atomic mass is 9.92. The molecule has 4 heteroatoms. The second-order valence-electron chi connectivity index (χ2n) is 9.79. The molecular weight excluding hydrogens is 392 g/mol. The Hall–Kier alpha value is -2.36. The zero-order valence-corrected chi connectivity index (χ0v) is 21.0. The van der Waals surface area contributed by atoms with E-state index in [1.165, 1.54) is 52.5 Å². The lowest BCUT2D eigenvalue weighted by molar-refractivity contribution is 0.526. The number of hydrogen-bond acceptors (Lipinski definition) is 4. The Morgan fingerprint density at radius 3 is 2.00 bits per heavy atom. The molecular formula is C28H42N4. The van der Waals surface area contributed by atoms with Crippen LogP contribution in [0.25, 0.3) is 0 Å². The van der Waals surface area contributed by atoms with Crippen LogP contribution in [0.15, 0.2) is 51.7 Å². The van der Waals surface area contributed by atoms with E-state index in [4.69, 9.17) is 9.98 Å². The predicted octanol–water partition coefficient (Wildman–Crippen LogP) is 6.92. The van der Waals surface area contributed by atoms with Gasteiger partial charge in [0.2, 0.25) is 0 Å². The standard InChI is InChI=1S/C28H42N4/c1-20(2)22-12-11-13-23(21(3)4)28(22)31-25-15-8-7-14-24(25)29-18-19-30-26-16-9-10-17-27(26)32(5)6/h11-13,15,17,20-21,31H,7-10,14,16,18-19H2,1-6H3. The molecule has 174 valence electrons. The van der Waals surface area contributed by atoms with Gasteiger partial charge in [-0.25, -0.2) is 0 Å². The van der Waals surface area contributed by atoms with Gasteiger partial charge in [0.15, 0.2) is 0 Å². The molecule has 2 aliphatic carbocycles. The highest BCUT2D eigenvalue weighted by atomic mass is 15.1. The molecule has 0 unspecified atom stereocenters. The van der Waals surface area contributed by atoms with Crippen LogP contribution in [0.1, 0.15) is 89.2 Å². The zero-order valence-electron chi connectivity index (χ0n) is 21.0. The summed E-state index contributed by atoms with van der Waals surface area (Å²) in [4.78, 5) is 12.1. The van der Waals surface area contributed by atoms with E-state index in [2.05, 4.69) is 82.4 Å². The molecule has 3 rings (SSSR count). The summed E-state index contributed by atoms with van der Waals surface area (Å²) in [5, 5.41) is 3.82. The molecule has 1 N–H and O–H groups in total. The third-order valence-electron chi connectivity index (χ3n) is 6.35. The van der Waals surface area contributed by atoms with Crippen molar-refractivity contribution in [1.82, 2.24) is 4.90 Å². The molecule has 1 aromatic rings. The van der Waals surface area contributed by atoms with Crippen molar-refractivity contribution in [2.24, 2.45) is 9.98 Å². The Kier molecular flexibility index (Phi) is 8.72. The first-order chi connectivity index (χ1) is 15.4. The summed E-state index contributed by atoms with van der Waals surface area (Å²) < 4.78 is 0. The van der Waals surface area contributed by atoms with Gasteiger partial charge in [0, 0.05) is 19.8 Å². The summed E-state index contributed by atoms with van der Waals surface area (Å²) in [6, 6.07) is 6.71. The topological polar surface area (TPSA) is 40.0 Å². The minimum absolute atomic E-state index is 0.478. The van der Waals surface area contributed by atoms with Crippen LogP contribution in [0.4, 0.5) is 5.69 Å². The Morgan fingerprint density at radius 2 is 1.41 bits per heavy atom. The van der Waals surface area contributed by atoms with E-state index in [1.807, 2.05) is 0 Å². The average molecular weight is 435 g/mol. The number of allylic oxidation sites excluding steroid dienone is 4. The zero-order chi connectivity index (χ0) is 23.1. The molecule has 0 atom stereocenters. The Balaban J connectivity index is 1.76. The minimum Gasteiger partial charge on any atom is -0.376 e. The monoisotopic (exact) mass is 434 g/mol. The fourth-order valence-corrected chi connectivity index (χ4v) is 4.61. The number of rotatable bonds is 8. The second kappa shape index (κ2) is 11.5. The molecule has 0 spiro atoms. The van der Waals surface area contributed by atoms with Crippen molar-refractivity contribution in [2.75, 3.05) is 32.5 Å². The summed E-state index contributed by atoms with van der Waals surface area (Å²) in [5.41, 5.74) is 8.98. The molecule has 0 aliphatic heterocycles. The van der Waals surface area contributed by atoms with Crippen LogP contribution in [-0.4, -0.2) is 43.5 Å². The fraction of sp³-hybridized carbons (Fsp3) is 0.571. The lowest BCUT2D eigenvalue weighted by Gasteiger charge is -2.24. The molecule has 0 bridgehead atoms. The van der Waals surface area contributed by atoms with Crippen LogP contribution < -0.4 is 5.32 Å². The third-order valence-corrected chi connectivity index (χ3v) is 6.35. The van der Waals surface area contributed by atoms with Crippen molar-refractivity contribution >= 4 is 17.1 Å². The molecule has 4 nitrogen and oxygen atoms in total. The van der Waals surface area contributed by atoms with Gasteiger partial charge in [0.05, 0.1) is 35.9 Å². The first kappa shape index (κ1) is 24.3. The number of para-hydroxylation sites is 1. The molecule has 32 heavy (non-hydrogen) atoms. The molecule has 1 aromatic carbocycles. The number of nitrogens with zero attached hydrogens (tertiary/aromatic N) is 3. The van der Waals surface area contributed by atoms with Gasteiger partial charge in [-0.2, -0.15) is 0 Å². The highest BCUT2D eigenvalue weighted by Crippen LogP contribution is 2.34. The number of anilines is 1. The van der Waals surface area contributed by atoms with Crippen LogP contribution in [0.3, 0.4) is 0 Å². The van der Waals surface area contributed by atoms with Crippen molar-refractivity contribution in [3.05, 3.63) is 52.9 Å². The Bertz CT molecular complexity index is 874. The normalized spacial score (nSPS) is 19.5. The fourth-order valence-electron chi connectivity index (χ4n) is 4.61. The highest BCUT2D eigenvalue weighted by Gasteiger charge is 2.18. The van der Waals surface area contributed by atoms with Gasteiger partial charge in [-0.1, -0.05) is 58.0 Å². The summed E-state index contributed by atoms with van der Waals surface area (Å²) in [7, 11) is 4.22. The van der Waals surface area contributed by atoms with Crippen molar-refractivity contribution < 1.29 is 0 Å². The number of benzene rings is 1. The first-order valence-electron chi connectivity index (χ1n) is 12.4. The van der Waals surface area contributed by atoms with Crippen molar-refractivity contribution in [3.63, 3.8) is 0 Å². The molecule has 0 amide bonds. The van der Waals surface area contributed by atoms with Crippen LogP contribution >= 0.6 is 0 Å². The number of hydrogen-bond donors (Lipinski definition) is 1. The van der Waals surface area contributed by atoms with E-state index in [0.717, 1.165) is 38.8 Å². The van der Waals surface area contributed by atoms with Crippen molar-refractivity contribution in [2.45, 2.75) is 78.1 Å². The maximum atomic E-state index is 5.01. The molecule has 0 heterocycles. The molecule has 2 aliphatic rings. The van der Waals surface area contributed by atoms with Crippen LogP contribution in [-0.2, 0) is 0 Å². The number of nitrogens with one attached hydrogen (secondary N) is 1. The van der Waals surface area contributed by atoms with Gasteiger partial charge in [0.1, 0.15) is 0 Å². The van der Waals surface area contributed by atoms with Gasteiger partial charge >= 0.3 is 0 Å². The van der Waals surface area contributed by atoms with Crippen molar-refractivity contribution in [3.8, 4) is 0 Å².